The molecule has 0 aromatic carbocycles. The van der Waals surface area contributed by atoms with Crippen molar-refractivity contribution >= 4 is 27.6 Å². The molecule has 0 radical (unpaired) electrons. The first-order valence-corrected chi connectivity index (χ1v) is 4.09. The third kappa shape index (κ3) is 1.89. The van der Waals surface area contributed by atoms with Crippen LogP contribution >= 0.6 is 15.9 Å². The Hall–Kier alpha value is -1.30. The number of hydrogen-bond donors (Lipinski definition) is 2. The number of aromatic nitrogens is 1. The predicted octanol–water partition coefficient (Wildman–Crippen LogP) is 1.13. The number of nitrogens with zero attached hydrogens (tertiary/aromatic N) is 1. The van der Waals surface area contributed by atoms with Crippen molar-refractivity contribution in [2.75, 3.05) is 12.8 Å². The van der Waals surface area contributed by atoms with Crippen LogP contribution in [0.5, 0.6) is 5.88 Å². The first kappa shape index (κ1) is 9.79. The highest BCUT2D eigenvalue weighted by Gasteiger charge is 2.12. The van der Waals surface area contributed by atoms with E-state index < -0.39 is 5.97 Å². The van der Waals surface area contributed by atoms with Crippen LogP contribution in [0.1, 0.15) is 10.5 Å². The molecule has 0 atom stereocenters. The summed E-state index contributed by atoms with van der Waals surface area (Å²) in [7, 11) is 1.39. The minimum atomic E-state index is -1.14. The number of methoxy groups -OCH3 is 1. The smallest absolute Gasteiger partial charge is 0.354 e. The van der Waals surface area contributed by atoms with E-state index in [4.69, 9.17) is 15.6 Å². The first-order valence-electron chi connectivity index (χ1n) is 3.29. The van der Waals surface area contributed by atoms with Crippen molar-refractivity contribution < 1.29 is 14.6 Å². The maximum atomic E-state index is 10.5. The van der Waals surface area contributed by atoms with Gasteiger partial charge in [0.15, 0.2) is 5.69 Å². The summed E-state index contributed by atoms with van der Waals surface area (Å²) in [6.45, 7) is 0. The van der Waals surface area contributed by atoms with E-state index in [2.05, 4.69) is 20.9 Å². The minimum Gasteiger partial charge on any atom is -0.480 e. The van der Waals surface area contributed by atoms with Crippen molar-refractivity contribution in [1.29, 1.82) is 0 Å². The van der Waals surface area contributed by atoms with Gasteiger partial charge in [0, 0.05) is 0 Å². The Labute approximate surface area is 82.7 Å². The third-order valence-corrected chi connectivity index (χ3v) is 2.16. The second-order valence-corrected chi connectivity index (χ2v) is 3.02. The molecular formula is C7H7BrN2O3. The lowest BCUT2D eigenvalue weighted by Gasteiger charge is -2.05. The molecule has 1 aromatic heterocycles. The molecule has 6 heteroatoms. The van der Waals surface area contributed by atoms with E-state index in [1.807, 2.05) is 0 Å². The summed E-state index contributed by atoms with van der Waals surface area (Å²) in [5, 5.41) is 8.63. The van der Waals surface area contributed by atoms with Crippen molar-refractivity contribution in [3.8, 4) is 5.88 Å². The fourth-order valence-electron chi connectivity index (χ4n) is 0.770. The van der Waals surface area contributed by atoms with Crippen LogP contribution in [0.3, 0.4) is 0 Å². The van der Waals surface area contributed by atoms with Gasteiger partial charge < -0.3 is 15.6 Å². The van der Waals surface area contributed by atoms with Gasteiger partial charge in [0.05, 0.1) is 12.8 Å². The molecule has 70 valence electrons. The Bertz CT molecular complexity index is 354. The van der Waals surface area contributed by atoms with E-state index in [0.717, 1.165) is 0 Å². The Morgan fingerprint density at radius 2 is 2.38 bits per heavy atom. The minimum absolute atomic E-state index is 0.141. The monoisotopic (exact) mass is 246 g/mol. The highest BCUT2D eigenvalue weighted by molar-refractivity contribution is 9.10. The Balaban J connectivity index is 3.30. The molecule has 0 amide bonds. The van der Waals surface area contributed by atoms with Gasteiger partial charge in [-0.15, -0.1) is 0 Å². The Kier molecular flexibility index (Phi) is 2.72. The van der Waals surface area contributed by atoms with Crippen LogP contribution < -0.4 is 10.5 Å². The number of aromatic carboxylic acids is 1. The van der Waals surface area contributed by atoms with Gasteiger partial charge in [-0.2, -0.15) is 0 Å². The van der Waals surface area contributed by atoms with Crippen LogP contribution in [0, 0.1) is 0 Å². The third-order valence-electron chi connectivity index (χ3n) is 1.37. The average Bonchev–Trinajstić information content (AvgIpc) is 2.09. The lowest BCUT2D eigenvalue weighted by atomic mass is 10.3. The normalized spacial score (nSPS) is 9.69. The first-order chi connectivity index (χ1) is 6.06. The molecule has 1 rings (SSSR count). The van der Waals surface area contributed by atoms with Crippen LogP contribution in [-0.2, 0) is 0 Å². The van der Waals surface area contributed by atoms with Crippen molar-refractivity contribution in [1.82, 2.24) is 4.98 Å². The highest BCUT2D eigenvalue weighted by atomic mass is 79.9. The van der Waals surface area contributed by atoms with Crippen LogP contribution in [0.2, 0.25) is 0 Å². The molecule has 0 aliphatic heterocycles. The molecule has 5 nitrogen and oxygen atoms in total. The molecule has 0 fully saturated rings. The second-order valence-electron chi connectivity index (χ2n) is 2.23. The van der Waals surface area contributed by atoms with Crippen molar-refractivity contribution in [2.24, 2.45) is 0 Å². The topological polar surface area (TPSA) is 85.4 Å². The van der Waals surface area contributed by atoms with E-state index in [1.54, 1.807) is 0 Å². The standard InChI is InChI=1S/C7H7BrN2O3/c1-13-6-5(8)3(9)2-4(10-6)7(11)12/h2H,1H3,(H2,9,10)(H,11,12). The molecule has 1 aromatic rings. The molecule has 3 N–H and O–H groups in total. The lowest BCUT2D eigenvalue weighted by Crippen LogP contribution is -2.04. The van der Waals surface area contributed by atoms with Crippen LogP contribution in [-0.4, -0.2) is 23.2 Å². The van der Waals surface area contributed by atoms with E-state index in [0.29, 0.717) is 4.47 Å². The second kappa shape index (κ2) is 3.61. The molecule has 0 aliphatic rings. The number of carboxylic acids is 1. The number of hydrogen-bond acceptors (Lipinski definition) is 4. The van der Waals surface area contributed by atoms with E-state index in [9.17, 15) is 4.79 Å². The Morgan fingerprint density at radius 3 is 2.85 bits per heavy atom. The van der Waals surface area contributed by atoms with Crippen molar-refractivity contribution in [2.45, 2.75) is 0 Å². The molecule has 13 heavy (non-hydrogen) atoms. The number of carbonyl (C=O) groups is 1. The molecule has 0 unspecified atom stereocenters. The predicted molar refractivity (Wildman–Crippen MR) is 49.9 cm³/mol. The quantitative estimate of drug-likeness (QED) is 0.818. The van der Waals surface area contributed by atoms with Gasteiger partial charge >= 0.3 is 5.97 Å². The van der Waals surface area contributed by atoms with E-state index in [-0.39, 0.29) is 17.3 Å². The molecule has 0 spiro atoms. The van der Waals surface area contributed by atoms with E-state index >= 15 is 0 Å². The van der Waals surface area contributed by atoms with Gasteiger partial charge in [0.2, 0.25) is 5.88 Å². The number of pyridine rings is 1. The molecule has 1 heterocycles. The zero-order valence-corrected chi connectivity index (χ0v) is 8.33. The lowest BCUT2D eigenvalue weighted by molar-refractivity contribution is 0.0689. The van der Waals surface area contributed by atoms with Gasteiger partial charge in [0.1, 0.15) is 4.47 Å². The largest absolute Gasteiger partial charge is 0.480 e. The SMILES string of the molecule is COc1nc(C(=O)O)cc(N)c1Br. The summed E-state index contributed by atoms with van der Waals surface area (Å²) in [5.41, 5.74) is 5.65. The molecule has 0 aliphatic carbocycles. The van der Waals surface area contributed by atoms with Gasteiger partial charge in [-0.3, -0.25) is 0 Å². The maximum absolute atomic E-state index is 10.5. The van der Waals surface area contributed by atoms with Crippen molar-refractivity contribution in [3.05, 3.63) is 16.2 Å². The molecule has 0 saturated heterocycles. The fraction of sp³-hybridized carbons (Fsp3) is 0.143. The number of halogens is 1. The summed E-state index contributed by atoms with van der Waals surface area (Å²) in [6.07, 6.45) is 0. The number of rotatable bonds is 2. The maximum Gasteiger partial charge on any atom is 0.354 e. The zero-order valence-electron chi connectivity index (χ0n) is 6.74. The number of carboxylic acid groups (broad SMARTS) is 1. The summed E-state index contributed by atoms with van der Waals surface area (Å²) in [4.78, 5) is 14.2. The number of nitrogens with two attached hydrogens (primary N) is 1. The average molecular weight is 247 g/mol. The number of ether oxygens (including phenoxy) is 1. The van der Waals surface area contributed by atoms with Gasteiger partial charge in [-0.1, -0.05) is 0 Å². The molecule has 0 saturated carbocycles. The number of nitrogen functional groups attached to an aromatic ring is 1. The highest BCUT2D eigenvalue weighted by Crippen LogP contribution is 2.28. The van der Waals surface area contributed by atoms with Crippen LogP contribution in [0.25, 0.3) is 0 Å². The summed E-state index contributed by atoms with van der Waals surface area (Å²) in [6, 6.07) is 1.26. The fourth-order valence-corrected chi connectivity index (χ4v) is 1.13. The molecule has 0 bridgehead atoms. The summed E-state index contributed by atoms with van der Waals surface area (Å²) < 4.78 is 5.27. The van der Waals surface area contributed by atoms with Crippen LogP contribution in [0.4, 0.5) is 5.69 Å². The van der Waals surface area contributed by atoms with Crippen LogP contribution in [0.15, 0.2) is 10.5 Å². The van der Waals surface area contributed by atoms with Gasteiger partial charge in [-0.25, -0.2) is 9.78 Å². The van der Waals surface area contributed by atoms with Crippen molar-refractivity contribution in [3.63, 3.8) is 0 Å². The van der Waals surface area contributed by atoms with Gasteiger partial charge in [-0.05, 0) is 22.0 Å². The Morgan fingerprint density at radius 1 is 1.77 bits per heavy atom. The number of anilines is 1. The van der Waals surface area contributed by atoms with Gasteiger partial charge in [0.25, 0.3) is 0 Å². The molecular weight excluding hydrogens is 240 g/mol. The van der Waals surface area contributed by atoms with E-state index in [1.165, 1.54) is 13.2 Å². The summed E-state index contributed by atoms with van der Waals surface area (Å²) in [5.74, 6) is -0.977. The summed E-state index contributed by atoms with van der Waals surface area (Å²) >= 11 is 3.12. The zero-order chi connectivity index (χ0) is 10.0.